The normalized spacial score (nSPS) is 11.0. The Kier molecular flexibility index (Phi) is 5.72. The van der Waals surface area contributed by atoms with Gasteiger partial charge in [0.15, 0.2) is 5.76 Å². The van der Waals surface area contributed by atoms with Gasteiger partial charge in [-0.05, 0) is 52.7 Å². The zero-order valence-corrected chi connectivity index (χ0v) is 17.8. The summed E-state index contributed by atoms with van der Waals surface area (Å²) in [5.74, 6) is 2.35. The highest BCUT2D eigenvalue weighted by atomic mass is 32.2. The number of nitrogens with zero attached hydrogens (tertiary/aromatic N) is 2. The van der Waals surface area contributed by atoms with Crippen LogP contribution in [0.1, 0.15) is 5.56 Å². The largest absolute Gasteiger partial charge is 0.459 e. The predicted octanol–water partition coefficient (Wildman–Crippen LogP) is 6.02. The van der Waals surface area contributed by atoms with Crippen LogP contribution in [0.15, 0.2) is 94.0 Å². The third-order valence-corrected chi connectivity index (χ3v) is 5.92. The number of amides is 1. The summed E-state index contributed by atoms with van der Waals surface area (Å²) in [5.41, 5.74) is 2.72. The minimum Gasteiger partial charge on any atom is -0.459 e. The van der Waals surface area contributed by atoms with Gasteiger partial charge in [-0.3, -0.25) is 4.79 Å². The highest BCUT2D eigenvalue weighted by Crippen LogP contribution is 2.26. The zero-order chi connectivity index (χ0) is 21.8. The van der Waals surface area contributed by atoms with Crippen LogP contribution in [0.5, 0.6) is 0 Å². The van der Waals surface area contributed by atoms with Crippen molar-refractivity contribution in [2.24, 2.45) is 0 Å². The first-order chi connectivity index (χ1) is 15.8. The van der Waals surface area contributed by atoms with Gasteiger partial charge in [0, 0.05) is 17.0 Å². The number of carbonyl (C=O) groups is 1. The van der Waals surface area contributed by atoms with Crippen LogP contribution in [-0.2, 0) is 10.5 Å². The summed E-state index contributed by atoms with van der Waals surface area (Å²) in [5, 5.41) is 13.4. The molecule has 0 radical (unpaired) electrons. The van der Waals surface area contributed by atoms with Gasteiger partial charge in [-0.1, -0.05) is 42.5 Å². The van der Waals surface area contributed by atoms with Crippen molar-refractivity contribution in [2.75, 3.05) is 11.1 Å². The summed E-state index contributed by atoms with van der Waals surface area (Å²) >= 11 is 1.60. The summed E-state index contributed by atoms with van der Waals surface area (Å²) in [6, 6.07) is 25.4. The Balaban J connectivity index is 1.16. The fourth-order valence-corrected chi connectivity index (χ4v) is 4.24. The molecule has 0 aliphatic rings. The Labute approximate surface area is 188 Å². The molecule has 0 saturated carbocycles. The number of carbonyl (C=O) groups excluding carboxylic acids is 1. The van der Waals surface area contributed by atoms with E-state index in [0.29, 0.717) is 23.3 Å². The van der Waals surface area contributed by atoms with Crippen molar-refractivity contribution in [3.05, 3.63) is 90.7 Å². The quantitative estimate of drug-likeness (QED) is 0.332. The molecule has 0 aliphatic carbocycles. The first-order valence-corrected chi connectivity index (χ1v) is 11.2. The van der Waals surface area contributed by atoms with Crippen molar-refractivity contribution in [3.8, 4) is 23.1 Å². The monoisotopic (exact) mass is 441 g/mol. The molecule has 0 spiro atoms. The molecule has 0 unspecified atom stereocenters. The molecule has 5 rings (SSSR count). The van der Waals surface area contributed by atoms with Gasteiger partial charge in [0.2, 0.25) is 11.8 Å². The van der Waals surface area contributed by atoms with Crippen LogP contribution in [0, 0.1) is 0 Å². The molecule has 1 amide bonds. The summed E-state index contributed by atoms with van der Waals surface area (Å²) in [4.78, 5) is 12.4. The Bertz CT molecular complexity index is 1340. The highest BCUT2D eigenvalue weighted by Gasteiger charge is 2.12. The van der Waals surface area contributed by atoms with Crippen LogP contribution in [-0.4, -0.2) is 21.9 Å². The third kappa shape index (κ3) is 4.43. The molecule has 2 aromatic heterocycles. The number of benzene rings is 3. The third-order valence-electron chi connectivity index (χ3n) is 4.94. The number of hydrogen-bond acceptors (Lipinski definition) is 6. The van der Waals surface area contributed by atoms with E-state index in [1.807, 2.05) is 36.4 Å². The molecular weight excluding hydrogens is 422 g/mol. The van der Waals surface area contributed by atoms with E-state index < -0.39 is 0 Å². The molecule has 1 N–H and O–H groups in total. The van der Waals surface area contributed by atoms with E-state index in [1.54, 1.807) is 30.2 Å². The van der Waals surface area contributed by atoms with Crippen LogP contribution in [0.2, 0.25) is 0 Å². The maximum absolute atomic E-state index is 12.4. The lowest BCUT2D eigenvalue weighted by molar-refractivity contribution is -0.113. The van der Waals surface area contributed by atoms with Crippen LogP contribution in [0.4, 0.5) is 5.69 Å². The molecular formula is C25H19N3O3S. The van der Waals surface area contributed by atoms with Gasteiger partial charge in [-0.2, -0.15) is 0 Å². The van der Waals surface area contributed by atoms with E-state index in [0.717, 1.165) is 17.0 Å². The smallest absolute Gasteiger partial charge is 0.283 e. The van der Waals surface area contributed by atoms with Gasteiger partial charge < -0.3 is 14.2 Å². The van der Waals surface area contributed by atoms with Crippen molar-refractivity contribution < 1.29 is 13.6 Å². The molecule has 0 aliphatic heterocycles. The predicted molar refractivity (Wildman–Crippen MR) is 126 cm³/mol. The van der Waals surface area contributed by atoms with Crippen molar-refractivity contribution in [1.29, 1.82) is 0 Å². The van der Waals surface area contributed by atoms with Gasteiger partial charge in [0.05, 0.1) is 12.0 Å². The number of furan rings is 1. The lowest BCUT2D eigenvalue weighted by Crippen LogP contribution is -2.14. The average molecular weight is 442 g/mol. The molecule has 32 heavy (non-hydrogen) atoms. The molecule has 0 bridgehead atoms. The van der Waals surface area contributed by atoms with Crippen LogP contribution < -0.4 is 5.32 Å². The lowest BCUT2D eigenvalue weighted by Gasteiger charge is -2.08. The number of fused-ring (bicyclic) bond motifs is 1. The number of anilines is 1. The fraction of sp³-hybridized carbons (Fsp3) is 0.0800. The van der Waals surface area contributed by atoms with Crippen LogP contribution >= 0.6 is 11.8 Å². The number of rotatable bonds is 7. The van der Waals surface area contributed by atoms with Gasteiger partial charge in [0.25, 0.3) is 5.89 Å². The van der Waals surface area contributed by atoms with E-state index in [4.69, 9.17) is 8.83 Å². The Morgan fingerprint density at radius 1 is 0.875 bits per heavy atom. The lowest BCUT2D eigenvalue weighted by atomic mass is 10.1. The number of nitrogens with one attached hydrogen (secondary N) is 1. The molecule has 158 valence electrons. The second-order valence-corrected chi connectivity index (χ2v) is 8.13. The first-order valence-electron chi connectivity index (χ1n) is 10.1. The topological polar surface area (TPSA) is 81.2 Å². The number of hydrogen-bond donors (Lipinski definition) is 1. The Morgan fingerprint density at radius 2 is 1.69 bits per heavy atom. The second kappa shape index (κ2) is 9.11. The minimum absolute atomic E-state index is 0.0408. The second-order valence-electron chi connectivity index (χ2n) is 7.15. The average Bonchev–Trinajstić information content (AvgIpc) is 3.52. The van der Waals surface area contributed by atoms with Crippen molar-refractivity contribution in [2.45, 2.75) is 5.75 Å². The maximum Gasteiger partial charge on any atom is 0.283 e. The first kappa shape index (κ1) is 20.1. The molecule has 0 saturated heterocycles. The van der Waals surface area contributed by atoms with Gasteiger partial charge >= 0.3 is 0 Å². The van der Waals surface area contributed by atoms with Crippen molar-refractivity contribution >= 4 is 34.1 Å². The van der Waals surface area contributed by atoms with Crippen molar-refractivity contribution in [1.82, 2.24) is 10.2 Å². The molecule has 2 heterocycles. The number of aromatic nitrogens is 2. The van der Waals surface area contributed by atoms with E-state index in [1.165, 1.54) is 16.3 Å². The molecule has 3 aromatic carbocycles. The summed E-state index contributed by atoms with van der Waals surface area (Å²) in [6.07, 6.45) is 1.55. The fourth-order valence-electron chi connectivity index (χ4n) is 3.40. The molecule has 0 atom stereocenters. The van der Waals surface area contributed by atoms with Crippen molar-refractivity contribution in [3.63, 3.8) is 0 Å². The highest BCUT2D eigenvalue weighted by molar-refractivity contribution is 7.99. The van der Waals surface area contributed by atoms with Crippen LogP contribution in [0.3, 0.4) is 0 Å². The standard InChI is InChI=1S/C25H19N3O3S/c29-23(16-32-15-19-7-3-6-17-5-1-2-8-21(17)19)26-20-12-10-18(11-13-20)24-27-28-25(31-24)22-9-4-14-30-22/h1-14H,15-16H2,(H,26,29). The number of thioether (sulfide) groups is 1. The van der Waals surface area contributed by atoms with E-state index in [9.17, 15) is 4.79 Å². The summed E-state index contributed by atoms with van der Waals surface area (Å²) in [6.45, 7) is 0. The SMILES string of the molecule is O=C(CSCc1cccc2ccccc12)Nc1ccc(-c2nnc(-c3ccco3)o2)cc1. The van der Waals surface area contributed by atoms with E-state index >= 15 is 0 Å². The molecule has 5 aromatic rings. The van der Waals surface area contributed by atoms with E-state index in [-0.39, 0.29) is 5.91 Å². The van der Waals surface area contributed by atoms with Gasteiger partial charge in [-0.25, -0.2) is 0 Å². The van der Waals surface area contributed by atoms with Crippen LogP contribution in [0.25, 0.3) is 33.9 Å². The van der Waals surface area contributed by atoms with Gasteiger partial charge in [0.1, 0.15) is 0 Å². The molecule has 6 nitrogen and oxygen atoms in total. The zero-order valence-electron chi connectivity index (χ0n) is 17.0. The Morgan fingerprint density at radius 3 is 2.53 bits per heavy atom. The summed E-state index contributed by atoms with van der Waals surface area (Å²) < 4.78 is 10.9. The maximum atomic E-state index is 12.4. The molecule has 0 fully saturated rings. The Hall–Kier alpha value is -3.84. The van der Waals surface area contributed by atoms with Gasteiger partial charge in [-0.15, -0.1) is 22.0 Å². The summed E-state index contributed by atoms with van der Waals surface area (Å²) in [7, 11) is 0. The minimum atomic E-state index is -0.0408. The van der Waals surface area contributed by atoms with E-state index in [2.05, 4.69) is 45.8 Å². The molecule has 7 heteroatoms.